The Kier molecular flexibility index (Phi) is 5.12. The van der Waals surface area contributed by atoms with E-state index in [4.69, 9.17) is 4.74 Å². The van der Waals surface area contributed by atoms with E-state index in [0.29, 0.717) is 11.4 Å². The molecule has 0 unspecified atom stereocenters. The van der Waals surface area contributed by atoms with E-state index in [1.54, 1.807) is 18.2 Å². The second-order valence-electron chi connectivity index (χ2n) is 5.03. The molecule has 5 nitrogen and oxygen atoms in total. The van der Waals surface area contributed by atoms with Crippen molar-refractivity contribution in [2.24, 2.45) is 5.92 Å². The second kappa shape index (κ2) is 7.05. The van der Waals surface area contributed by atoms with Crippen LogP contribution in [0.1, 0.15) is 25.7 Å². The summed E-state index contributed by atoms with van der Waals surface area (Å²) >= 11 is 0. The van der Waals surface area contributed by atoms with E-state index in [0.717, 1.165) is 25.7 Å². The molecule has 0 atom stereocenters. The first kappa shape index (κ1) is 14.5. The van der Waals surface area contributed by atoms with Crippen LogP contribution >= 0.6 is 0 Å². The molecule has 2 N–H and O–H groups in total. The number of anilines is 2. The lowest BCUT2D eigenvalue weighted by Gasteiger charge is -2.11. The van der Waals surface area contributed by atoms with Gasteiger partial charge in [-0.25, -0.2) is 0 Å². The van der Waals surface area contributed by atoms with Crippen molar-refractivity contribution in [3.05, 3.63) is 24.3 Å². The Morgan fingerprint density at radius 2 is 1.85 bits per heavy atom. The highest BCUT2D eigenvalue weighted by Crippen LogP contribution is 2.26. The molecule has 1 aromatic rings. The van der Waals surface area contributed by atoms with Gasteiger partial charge in [0.15, 0.2) is 0 Å². The molecule has 20 heavy (non-hydrogen) atoms. The Morgan fingerprint density at radius 3 is 2.50 bits per heavy atom. The van der Waals surface area contributed by atoms with Crippen molar-refractivity contribution >= 4 is 23.2 Å². The highest BCUT2D eigenvalue weighted by Gasteiger charge is 2.22. The Hall–Kier alpha value is -1.88. The maximum Gasteiger partial charge on any atom is 0.250 e. The molecule has 0 aromatic heterocycles. The lowest BCUT2D eigenvalue weighted by atomic mass is 10.1. The van der Waals surface area contributed by atoms with E-state index in [1.807, 2.05) is 6.07 Å². The summed E-state index contributed by atoms with van der Waals surface area (Å²) in [5.74, 6) is -0.0172. The number of carbonyl (C=O) groups excluding carboxylic acids is 2. The monoisotopic (exact) mass is 276 g/mol. The fraction of sp³-hybridized carbons (Fsp3) is 0.467. The SMILES string of the molecule is COCC(=O)Nc1cccc(NC(=O)C2CCCC2)c1. The smallest absolute Gasteiger partial charge is 0.250 e. The summed E-state index contributed by atoms with van der Waals surface area (Å²) in [4.78, 5) is 23.5. The first-order chi connectivity index (χ1) is 9.69. The molecule has 0 radical (unpaired) electrons. The van der Waals surface area contributed by atoms with Crippen LogP contribution in [0, 0.1) is 5.92 Å². The van der Waals surface area contributed by atoms with Gasteiger partial charge in [-0.05, 0) is 31.0 Å². The van der Waals surface area contributed by atoms with Gasteiger partial charge >= 0.3 is 0 Å². The van der Waals surface area contributed by atoms with Crippen molar-refractivity contribution in [3.63, 3.8) is 0 Å². The van der Waals surface area contributed by atoms with Gasteiger partial charge in [-0.15, -0.1) is 0 Å². The summed E-state index contributed by atoms with van der Waals surface area (Å²) in [5, 5.41) is 5.62. The summed E-state index contributed by atoms with van der Waals surface area (Å²) in [6, 6.07) is 7.14. The highest BCUT2D eigenvalue weighted by atomic mass is 16.5. The van der Waals surface area contributed by atoms with Gasteiger partial charge < -0.3 is 15.4 Å². The summed E-state index contributed by atoms with van der Waals surface area (Å²) < 4.78 is 4.76. The van der Waals surface area contributed by atoms with Crippen LogP contribution in [0.3, 0.4) is 0 Å². The van der Waals surface area contributed by atoms with Crippen LogP contribution in [0.25, 0.3) is 0 Å². The van der Waals surface area contributed by atoms with E-state index in [2.05, 4.69) is 10.6 Å². The van der Waals surface area contributed by atoms with Crippen LogP contribution in [-0.2, 0) is 14.3 Å². The zero-order valence-electron chi connectivity index (χ0n) is 11.6. The number of methoxy groups -OCH3 is 1. The minimum absolute atomic E-state index is 0.0126. The second-order valence-corrected chi connectivity index (χ2v) is 5.03. The molecule has 1 fully saturated rings. The van der Waals surface area contributed by atoms with Gasteiger partial charge in [-0.3, -0.25) is 9.59 Å². The average molecular weight is 276 g/mol. The van der Waals surface area contributed by atoms with Crippen molar-refractivity contribution < 1.29 is 14.3 Å². The van der Waals surface area contributed by atoms with Gasteiger partial charge in [0.05, 0.1) is 0 Å². The topological polar surface area (TPSA) is 67.4 Å². The number of hydrogen-bond acceptors (Lipinski definition) is 3. The molecule has 0 spiro atoms. The molecule has 1 aliphatic rings. The van der Waals surface area contributed by atoms with Crippen LogP contribution in [-0.4, -0.2) is 25.5 Å². The number of amides is 2. The van der Waals surface area contributed by atoms with Crippen molar-refractivity contribution in [1.82, 2.24) is 0 Å². The van der Waals surface area contributed by atoms with Gasteiger partial charge in [0, 0.05) is 24.4 Å². The number of benzene rings is 1. The van der Waals surface area contributed by atoms with Crippen molar-refractivity contribution in [1.29, 1.82) is 0 Å². The van der Waals surface area contributed by atoms with Crippen molar-refractivity contribution in [2.75, 3.05) is 24.4 Å². The van der Waals surface area contributed by atoms with Gasteiger partial charge in [0.1, 0.15) is 6.61 Å². The summed E-state index contributed by atoms with van der Waals surface area (Å²) in [5.41, 5.74) is 1.35. The summed E-state index contributed by atoms with van der Waals surface area (Å²) in [6.45, 7) is 0.0126. The molecule has 0 bridgehead atoms. The van der Waals surface area contributed by atoms with Crippen LogP contribution in [0.4, 0.5) is 11.4 Å². The zero-order chi connectivity index (χ0) is 14.4. The molecule has 1 aliphatic carbocycles. The third-order valence-corrected chi connectivity index (χ3v) is 3.42. The average Bonchev–Trinajstić information content (AvgIpc) is 2.93. The van der Waals surface area contributed by atoms with Crippen LogP contribution in [0.15, 0.2) is 24.3 Å². The van der Waals surface area contributed by atoms with Crippen molar-refractivity contribution in [3.8, 4) is 0 Å². The lowest BCUT2D eigenvalue weighted by molar-refractivity contribution is -0.120. The number of hydrogen-bond donors (Lipinski definition) is 2. The third-order valence-electron chi connectivity index (χ3n) is 3.42. The summed E-state index contributed by atoms with van der Waals surface area (Å²) in [7, 11) is 1.47. The number of ether oxygens (including phenoxy) is 1. The minimum Gasteiger partial charge on any atom is -0.375 e. The highest BCUT2D eigenvalue weighted by molar-refractivity contribution is 5.95. The molecular formula is C15H20N2O3. The number of rotatable bonds is 5. The third kappa shape index (κ3) is 4.06. The van der Waals surface area contributed by atoms with Gasteiger partial charge in [-0.1, -0.05) is 18.9 Å². The first-order valence-corrected chi connectivity index (χ1v) is 6.89. The van der Waals surface area contributed by atoms with E-state index in [9.17, 15) is 9.59 Å². The zero-order valence-corrected chi connectivity index (χ0v) is 11.6. The molecule has 2 amide bonds. The fourth-order valence-corrected chi connectivity index (χ4v) is 2.44. The Labute approximate surface area is 118 Å². The number of nitrogens with one attached hydrogen (secondary N) is 2. The molecule has 1 saturated carbocycles. The Bertz CT molecular complexity index is 482. The van der Waals surface area contributed by atoms with Gasteiger partial charge in [0.2, 0.25) is 11.8 Å². The Morgan fingerprint density at radius 1 is 1.20 bits per heavy atom. The first-order valence-electron chi connectivity index (χ1n) is 6.89. The van der Waals surface area contributed by atoms with E-state index in [1.165, 1.54) is 7.11 Å². The lowest BCUT2D eigenvalue weighted by Crippen LogP contribution is -2.20. The van der Waals surface area contributed by atoms with E-state index < -0.39 is 0 Å². The maximum atomic E-state index is 12.0. The predicted molar refractivity (Wildman–Crippen MR) is 77.5 cm³/mol. The standard InChI is InChI=1S/C15H20N2O3/c1-20-10-14(18)16-12-7-4-8-13(9-12)17-15(19)11-5-2-3-6-11/h4,7-9,11H,2-3,5-6,10H2,1H3,(H,16,18)(H,17,19). The Balaban J connectivity index is 1.95. The maximum absolute atomic E-state index is 12.0. The molecule has 108 valence electrons. The van der Waals surface area contributed by atoms with Gasteiger partial charge in [0.25, 0.3) is 0 Å². The fourth-order valence-electron chi connectivity index (χ4n) is 2.44. The molecule has 5 heteroatoms. The molecule has 0 heterocycles. The van der Waals surface area contributed by atoms with Crippen LogP contribution in [0.2, 0.25) is 0 Å². The van der Waals surface area contributed by atoms with Crippen LogP contribution < -0.4 is 10.6 Å². The van der Waals surface area contributed by atoms with E-state index >= 15 is 0 Å². The molecule has 0 saturated heterocycles. The molecule has 2 rings (SSSR count). The quantitative estimate of drug-likeness (QED) is 0.867. The predicted octanol–water partition coefficient (Wildman–Crippen LogP) is 2.40. The van der Waals surface area contributed by atoms with E-state index in [-0.39, 0.29) is 24.3 Å². The largest absolute Gasteiger partial charge is 0.375 e. The van der Waals surface area contributed by atoms with Crippen LogP contribution in [0.5, 0.6) is 0 Å². The minimum atomic E-state index is -0.216. The molecule has 1 aromatic carbocycles. The molecular weight excluding hydrogens is 256 g/mol. The van der Waals surface area contributed by atoms with Crippen molar-refractivity contribution in [2.45, 2.75) is 25.7 Å². The normalized spacial score (nSPS) is 15.1. The van der Waals surface area contributed by atoms with Gasteiger partial charge in [-0.2, -0.15) is 0 Å². The summed E-state index contributed by atoms with van der Waals surface area (Å²) in [6.07, 6.45) is 4.20. The number of carbonyl (C=O) groups is 2. The molecule has 0 aliphatic heterocycles.